The van der Waals surface area contributed by atoms with Gasteiger partial charge in [0.15, 0.2) is 17.2 Å². The molecule has 1 N–H and O–H groups in total. The quantitative estimate of drug-likeness (QED) is 0.610. The number of alkyl halides is 3. The Balaban J connectivity index is 1.93. The largest absolute Gasteiger partial charge is 0.493 e. The average molecular weight is 423 g/mol. The third-order valence-electron chi connectivity index (χ3n) is 4.29. The molecule has 30 heavy (non-hydrogen) atoms. The van der Waals surface area contributed by atoms with Gasteiger partial charge in [-0.25, -0.2) is 9.07 Å². The van der Waals surface area contributed by atoms with E-state index in [9.17, 15) is 22.4 Å². The number of halogens is 4. The van der Waals surface area contributed by atoms with E-state index in [1.807, 2.05) is 0 Å². The van der Waals surface area contributed by atoms with E-state index >= 15 is 0 Å². The number of rotatable bonds is 6. The maximum Gasteiger partial charge on any atom is 0.434 e. The van der Waals surface area contributed by atoms with Crippen molar-refractivity contribution in [2.24, 2.45) is 0 Å². The summed E-state index contributed by atoms with van der Waals surface area (Å²) >= 11 is 0. The van der Waals surface area contributed by atoms with Gasteiger partial charge in [0, 0.05) is 12.1 Å². The Labute approximate surface area is 169 Å². The highest BCUT2D eigenvalue weighted by Gasteiger charge is 2.41. The Morgan fingerprint density at radius 1 is 1.10 bits per heavy atom. The van der Waals surface area contributed by atoms with Crippen LogP contribution in [0.5, 0.6) is 11.5 Å². The molecule has 0 saturated heterocycles. The number of benzene rings is 2. The van der Waals surface area contributed by atoms with Crippen molar-refractivity contribution in [3.05, 3.63) is 71.3 Å². The molecule has 1 amide bonds. The summed E-state index contributed by atoms with van der Waals surface area (Å²) in [6.07, 6.45) is -4.19. The number of carbonyl (C=O) groups is 1. The molecule has 1 heterocycles. The number of hydrogen-bond acceptors (Lipinski definition) is 4. The minimum atomic E-state index is -4.95. The Kier molecular flexibility index (Phi) is 5.95. The molecule has 1 aromatic heterocycles. The van der Waals surface area contributed by atoms with Gasteiger partial charge in [-0.3, -0.25) is 4.79 Å². The maximum absolute atomic E-state index is 14.0. The molecule has 0 saturated carbocycles. The topological polar surface area (TPSA) is 65.4 Å². The lowest BCUT2D eigenvalue weighted by Gasteiger charge is -2.14. The molecule has 0 bridgehead atoms. The first-order valence-corrected chi connectivity index (χ1v) is 8.66. The second kappa shape index (κ2) is 8.44. The van der Waals surface area contributed by atoms with Gasteiger partial charge in [-0.15, -0.1) is 0 Å². The molecule has 0 unspecified atom stereocenters. The molecule has 0 aliphatic heterocycles. The minimum absolute atomic E-state index is 0.124. The van der Waals surface area contributed by atoms with Crippen LogP contribution in [0.2, 0.25) is 0 Å². The smallest absolute Gasteiger partial charge is 0.434 e. The lowest BCUT2D eigenvalue weighted by molar-refractivity contribution is -0.143. The maximum atomic E-state index is 14.0. The van der Waals surface area contributed by atoms with E-state index in [0.29, 0.717) is 21.7 Å². The molecule has 0 atom stereocenters. The molecule has 3 aromatic rings. The Morgan fingerprint density at radius 2 is 1.83 bits per heavy atom. The monoisotopic (exact) mass is 423 g/mol. The van der Waals surface area contributed by atoms with Crippen molar-refractivity contribution in [3.8, 4) is 17.2 Å². The van der Waals surface area contributed by atoms with Crippen molar-refractivity contribution < 1.29 is 31.8 Å². The van der Waals surface area contributed by atoms with E-state index in [0.717, 1.165) is 18.3 Å². The number of para-hydroxylation sites is 2. The second-order valence-corrected chi connectivity index (χ2v) is 6.10. The minimum Gasteiger partial charge on any atom is -0.493 e. The van der Waals surface area contributed by atoms with Gasteiger partial charge in [-0.05, 0) is 18.2 Å². The van der Waals surface area contributed by atoms with Crippen molar-refractivity contribution in [2.75, 3.05) is 14.2 Å². The zero-order valence-corrected chi connectivity index (χ0v) is 16.0. The number of ether oxygens (including phenoxy) is 2. The molecule has 158 valence electrons. The molecule has 0 aliphatic rings. The summed E-state index contributed by atoms with van der Waals surface area (Å²) in [5.74, 6) is -1.17. The van der Waals surface area contributed by atoms with Crippen LogP contribution < -0.4 is 14.8 Å². The predicted octanol–water partition coefficient (Wildman–Crippen LogP) is 3.98. The van der Waals surface area contributed by atoms with Gasteiger partial charge in [0.2, 0.25) is 0 Å². The first-order valence-electron chi connectivity index (χ1n) is 8.66. The third-order valence-corrected chi connectivity index (χ3v) is 4.29. The lowest BCUT2D eigenvalue weighted by atomic mass is 10.1. The van der Waals surface area contributed by atoms with Gasteiger partial charge in [-0.1, -0.05) is 24.3 Å². The fourth-order valence-electron chi connectivity index (χ4n) is 2.96. The molecule has 6 nitrogen and oxygen atoms in total. The average Bonchev–Trinajstić information content (AvgIpc) is 3.17. The predicted molar refractivity (Wildman–Crippen MR) is 99.2 cm³/mol. The summed E-state index contributed by atoms with van der Waals surface area (Å²) in [7, 11) is 2.84. The molecule has 0 spiro atoms. The van der Waals surface area contributed by atoms with Gasteiger partial charge in [0.05, 0.1) is 26.0 Å². The summed E-state index contributed by atoms with van der Waals surface area (Å²) in [4.78, 5) is 12.5. The third kappa shape index (κ3) is 4.07. The van der Waals surface area contributed by atoms with Gasteiger partial charge in [0.1, 0.15) is 11.5 Å². The van der Waals surface area contributed by atoms with E-state index in [4.69, 9.17) is 9.47 Å². The summed E-state index contributed by atoms with van der Waals surface area (Å²) in [6, 6.07) is 9.78. The Hall–Kier alpha value is -3.56. The van der Waals surface area contributed by atoms with E-state index in [-0.39, 0.29) is 6.54 Å². The first kappa shape index (κ1) is 21.2. The number of nitrogens with one attached hydrogen (secondary N) is 1. The van der Waals surface area contributed by atoms with E-state index < -0.39 is 34.8 Å². The van der Waals surface area contributed by atoms with Crippen molar-refractivity contribution in [2.45, 2.75) is 12.7 Å². The summed E-state index contributed by atoms with van der Waals surface area (Å²) in [5, 5.41) is 6.01. The molecule has 2 aromatic carbocycles. The van der Waals surface area contributed by atoms with E-state index in [2.05, 4.69) is 10.4 Å². The zero-order valence-electron chi connectivity index (χ0n) is 16.0. The van der Waals surface area contributed by atoms with Crippen LogP contribution in [0.25, 0.3) is 5.69 Å². The Bertz CT molecular complexity index is 1060. The van der Waals surface area contributed by atoms with E-state index in [1.54, 1.807) is 18.2 Å². The normalized spacial score (nSPS) is 11.3. The fraction of sp³-hybridized carbons (Fsp3) is 0.200. The zero-order chi connectivity index (χ0) is 21.9. The van der Waals surface area contributed by atoms with Gasteiger partial charge in [-0.2, -0.15) is 18.3 Å². The SMILES string of the molecule is COc1cccc(CNC(=O)c2cnn(-c3ccccc3F)c2C(F)(F)F)c1OC. The van der Waals surface area contributed by atoms with Gasteiger partial charge in [0.25, 0.3) is 5.91 Å². The van der Waals surface area contributed by atoms with Crippen LogP contribution >= 0.6 is 0 Å². The lowest BCUT2D eigenvalue weighted by Crippen LogP contribution is -2.26. The molecule has 3 rings (SSSR count). The first-order chi connectivity index (χ1) is 14.3. The van der Waals surface area contributed by atoms with Crippen LogP contribution in [0.15, 0.2) is 48.7 Å². The molecular formula is C20H17F4N3O3. The molecular weight excluding hydrogens is 406 g/mol. The number of amides is 1. The number of nitrogens with zero attached hydrogens (tertiary/aromatic N) is 2. The van der Waals surface area contributed by atoms with Crippen LogP contribution in [0, 0.1) is 5.82 Å². The highest BCUT2D eigenvalue weighted by Crippen LogP contribution is 2.34. The van der Waals surface area contributed by atoms with Gasteiger partial charge < -0.3 is 14.8 Å². The van der Waals surface area contributed by atoms with E-state index in [1.165, 1.54) is 26.4 Å². The summed E-state index contributed by atoms with van der Waals surface area (Å²) < 4.78 is 65.9. The van der Waals surface area contributed by atoms with Crippen LogP contribution in [0.4, 0.5) is 17.6 Å². The van der Waals surface area contributed by atoms with Crippen molar-refractivity contribution in [1.29, 1.82) is 0 Å². The number of carbonyl (C=O) groups excluding carboxylic acids is 1. The molecule has 0 fully saturated rings. The highest BCUT2D eigenvalue weighted by atomic mass is 19.4. The number of methoxy groups -OCH3 is 2. The molecule has 0 radical (unpaired) electrons. The number of hydrogen-bond donors (Lipinski definition) is 1. The Morgan fingerprint density at radius 3 is 2.47 bits per heavy atom. The second-order valence-electron chi connectivity index (χ2n) is 6.10. The molecule has 10 heteroatoms. The van der Waals surface area contributed by atoms with Crippen LogP contribution in [-0.2, 0) is 12.7 Å². The number of aromatic nitrogens is 2. The molecule has 0 aliphatic carbocycles. The van der Waals surface area contributed by atoms with Crippen LogP contribution in [-0.4, -0.2) is 29.9 Å². The summed E-state index contributed by atoms with van der Waals surface area (Å²) in [6.45, 7) is -0.124. The van der Waals surface area contributed by atoms with Crippen molar-refractivity contribution in [1.82, 2.24) is 15.1 Å². The van der Waals surface area contributed by atoms with Crippen LogP contribution in [0.1, 0.15) is 21.6 Å². The highest BCUT2D eigenvalue weighted by molar-refractivity contribution is 5.95. The van der Waals surface area contributed by atoms with Crippen LogP contribution in [0.3, 0.4) is 0 Å². The standard InChI is InChI=1S/C20H17F4N3O3/c1-29-16-9-5-6-12(17(16)30-2)10-25-19(28)13-11-26-27(18(13)20(22,23)24)15-8-4-3-7-14(15)21/h3-9,11H,10H2,1-2H3,(H,25,28). The van der Waals surface area contributed by atoms with Crippen molar-refractivity contribution >= 4 is 5.91 Å². The van der Waals surface area contributed by atoms with Gasteiger partial charge >= 0.3 is 6.18 Å². The summed E-state index contributed by atoms with van der Waals surface area (Å²) in [5.41, 5.74) is -2.02. The fourth-order valence-corrected chi connectivity index (χ4v) is 2.96. The van der Waals surface area contributed by atoms with Crippen molar-refractivity contribution in [3.63, 3.8) is 0 Å².